The summed E-state index contributed by atoms with van der Waals surface area (Å²) < 4.78 is 8.97. The molecule has 0 saturated carbocycles. The van der Waals surface area contributed by atoms with E-state index in [9.17, 15) is 0 Å². The molecule has 3 nitrogen and oxygen atoms in total. The van der Waals surface area contributed by atoms with Gasteiger partial charge in [0.2, 0.25) is 0 Å². The Morgan fingerprint density at radius 3 is 1.45 bits per heavy atom. The molecule has 4 heteroatoms. The summed E-state index contributed by atoms with van der Waals surface area (Å²) in [5.74, 6) is 0. The minimum atomic E-state index is 0.880. The van der Waals surface area contributed by atoms with Crippen LogP contribution in [0.4, 0.5) is 34.1 Å². The quantitative estimate of drug-likeness (QED) is 0.174. The molecule has 272 valence electrons. The third-order valence-electron chi connectivity index (χ3n) is 11.5. The van der Waals surface area contributed by atoms with Crippen LogP contribution in [0, 0.1) is 0 Å². The maximum atomic E-state index is 6.46. The SMILES string of the molecule is c1ccc(-c2cc(-c3ccccc3)cc(N3c4cc(-c5cccc6oc7ccccc7c56)cc(c4)N(c4ccccc4)c4cccc5c4sc4c3cccc45)c2)cc1. The summed E-state index contributed by atoms with van der Waals surface area (Å²) in [6, 6.07) is 74.8. The Bertz CT molecular complexity index is 3290. The topological polar surface area (TPSA) is 19.6 Å². The van der Waals surface area contributed by atoms with Crippen molar-refractivity contribution >= 4 is 87.6 Å². The molecule has 9 aromatic carbocycles. The van der Waals surface area contributed by atoms with E-state index in [1.165, 1.54) is 31.3 Å². The Balaban J connectivity index is 1.22. The highest BCUT2D eigenvalue weighted by Crippen LogP contribution is 2.53. The zero-order valence-corrected chi connectivity index (χ0v) is 32.2. The summed E-state index contributed by atoms with van der Waals surface area (Å²) in [4.78, 5) is 4.93. The minimum Gasteiger partial charge on any atom is -0.456 e. The Hall–Kier alpha value is -7.40. The van der Waals surface area contributed by atoms with E-state index in [-0.39, 0.29) is 0 Å². The van der Waals surface area contributed by atoms with Crippen molar-refractivity contribution in [3.63, 3.8) is 0 Å². The lowest BCUT2D eigenvalue weighted by molar-refractivity contribution is 0.669. The van der Waals surface area contributed by atoms with Crippen LogP contribution in [0.1, 0.15) is 0 Å². The first-order valence-electron chi connectivity index (χ1n) is 19.7. The van der Waals surface area contributed by atoms with E-state index in [1.807, 2.05) is 17.4 Å². The molecule has 11 aromatic rings. The van der Waals surface area contributed by atoms with E-state index in [0.29, 0.717) is 0 Å². The first-order chi connectivity index (χ1) is 28.7. The molecular weight excluding hydrogens is 725 g/mol. The molecule has 0 aliphatic carbocycles. The van der Waals surface area contributed by atoms with Gasteiger partial charge in [-0.2, -0.15) is 0 Å². The Labute approximate surface area is 339 Å². The van der Waals surface area contributed by atoms with Crippen LogP contribution < -0.4 is 9.80 Å². The molecule has 0 fully saturated rings. The maximum Gasteiger partial charge on any atom is 0.136 e. The zero-order chi connectivity index (χ0) is 38.2. The lowest BCUT2D eigenvalue weighted by Crippen LogP contribution is -2.14. The molecule has 12 rings (SSSR count). The fourth-order valence-corrected chi connectivity index (χ4v) is 10.2. The highest BCUT2D eigenvalue weighted by molar-refractivity contribution is 7.27. The number of hydrogen-bond donors (Lipinski definition) is 0. The normalized spacial score (nSPS) is 12.4. The van der Waals surface area contributed by atoms with Gasteiger partial charge in [-0.15, -0.1) is 11.3 Å². The van der Waals surface area contributed by atoms with Crippen molar-refractivity contribution in [2.45, 2.75) is 0 Å². The van der Waals surface area contributed by atoms with Crippen LogP contribution in [0.3, 0.4) is 0 Å². The van der Waals surface area contributed by atoms with Crippen molar-refractivity contribution < 1.29 is 4.42 Å². The molecule has 58 heavy (non-hydrogen) atoms. The molecule has 4 bridgehead atoms. The molecule has 0 radical (unpaired) electrons. The van der Waals surface area contributed by atoms with Crippen LogP contribution in [0.5, 0.6) is 0 Å². The van der Waals surface area contributed by atoms with Crippen molar-refractivity contribution in [2.24, 2.45) is 0 Å². The van der Waals surface area contributed by atoms with Gasteiger partial charge in [-0.05, 0) is 106 Å². The van der Waals surface area contributed by atoms with Crippen molar-refractivity contribution in [3.05, 3.63) is 206 Å². The number of nitrogens with zero attached hydrogens (tertiary/aromatic N) is 2. The summed E-state index contributed by atoms with van der Waals surface area (Å²) in [5, 5.41) is 4.74. The van der Waals surface area contributed by atoms with Gasteiger partial charge in [0.25, 0.3) is 0 Å². The number of hydrogen-bond acceptors (Lipinski definition) is 4. The Kier molecular flexibility index (Phi) is 7.40. The molecule has 3 heterocycles. The number of fused-ring (bicyclic) bond motifs is 6. The third-order valence-corrected chi connectivity index (χ3v) is 12.8. The van der Waals surface area contributed by atoms with Crippen LogP contribution in [-0.2, 0) is 0 Å². The predicted octanol–water partition coefficient (Wildman–Crippen LogP) is 16.2. The fourth-order valence-electron chi connectivity index (χ4n) is 8.93. The third kappa shape index (κ3) is 5.19. The summed E-state index contributed by atoms with van der Waals surface area (Å²) in [7, 11) is 0. The second kappa shape index (κ2) is 13.1. The van der Waals surface area contributed by atoms with Crippen LogP contribution in [-0.4, -0.2) is 0 Å². The minimum absolute atomic E-state index is 0.880. The van der Waals surface area contributed by atoms with Gasteiger partial charge in [-0.1, -0.05) is 133 Å². The van der Waals surface area contributed by atoms with E-state index in [0.717, 1.165) is 78.3 Å². The number of benzene rings is 9. The number of thiophene rings is 1. The molecule has 0 N–H and O–H groups in total. The smallest absolute Gasteiger partial charge is 0.136 e. The van der Waals surface area contributed by atoms with E-state index in [1.54, 1.807) is 0 Å². The van der Waals surface area contributed by atoms with Gasteiger partial charge in [-0.3, -0.25) is 0 Å². The number of anilines is 6. The van der Waals surface area contributed by atoms with Crippen LogP contribution in [0.25, 0.3) is 75.5 Å². The molecule has 0 saturated heterocycles. The number of furan rings is 1. The van der Waals surface area contributed by atoms with Crippen LogP contribution in [0.2, 0.25) is 0 Å². The van der Waals surface area contributed by atoms with Gasteiger partial charge < -0.3 is 14.2 Å². The molecule has 2 aromatic heterocycles. The monoisotopic (exact) mass is 758 g/mol. The number of para-hydroxylation sites is 2. The van der Waals surface area contributed by atoms with Crippen LogP contribution in [0.15, 0.2) is 211 Å². The first-order valence-corrected chi connectivity index (χ1v) is 20.5. The molecule has 0 unspecified atom stereocenters. The van der Waals surface area contributed by atoms with E-state index < -0.39 is 0 Å². The fraction of sp³-hybridized carbons (Fsp3) is 0. The highest BCUT2D eigenvalue weighted by atomic mass is 32.1. The van der Waals surface area contributed by atoms with Crippen molar-refractivity contribution in [1.29, 1.82) is 0 Å². The standard InChI is InChI=1S/C54H34N2OS/c1-4-15-35(16-5-1)37-29-38(36-17-6-2-7-18-36)31-41(30-37)56-43-33-39(44-22-14-28-51-52(44)47-21-10-11-27-50(47)57-51)32-42(34-43)55(40-19-8-3-9-20-40)48-25-12-23-45-46-24-13-26-49(56)54(46)58-53(45)48/h1-34H. The average Bonchev–Trinajstić information content (AvgIpc) is 3.87. The van der Waals surface area contributed by atoms with Gasteiger partial charge in [0.15, 0.2) is 0 Å². The molecular formula is C54H34N2OS. The van der Waals surface area contributed by atoms with Crippen LogP contribution >= 0.6 is 11.3 Å². The molecule has 1 aliphatic rings. The maximum absolute atomic E-state index is 6.46. The first kappa shape index (κ1) is 32.8. The summed E-state index contributed by atoms with van der Waals surface area (Å²) >= 11 is 1.88. The lowest BCUT2D eigenvalue weighted by atomic mass is 9.96. The molecule has 0 atom stereocenters. The van der Waals surface area contributed by atoms with Crippen molar-refractivity contribution in [1.82, 2.24) is 0 Å². The Morgan fingerprint density at radius 1 is 0.328 bits per heavy atom. The number of rotatable bonds is 5. The summed E-state index contributed by atoms with van der Waals surface area (Å²) in [6.07, 6.45) is 0. The highest BCUT2D eigenvalue weighted by Gasteiger charge is 2.27. The second-order valence-electron chi connectivity index (χ2n) is 14.9. The molecule has 1 aliphatic heterocycles. The largest absolute Gasteiger partial charge is 0.456 e. The van der Waals surface area contributed by atoms with Gasteiger partial charge in [0, 0.05) is 44.3 Å². The van der Waals surface area contributed by atoms with E-state index in [2.05, 4.69) is 210 Å². The van der Waals surface area contributed by atoms with Crippen molar-refractivity contribution in [2.75, 3.05) is 9.80 Å². The second-order valence-corrected chi connectivity index (χ2v) is 16.0. The average molecular weight is 759 g/mol. The predicted molar refractivity (Wildman–Crippen MR) is 246 cm³/mol. The van der Waals surface area contributed by atoms with Gasteiger partial charge in [-0.25, -0.2) is 0 Å². The summed E-state index contributed by atoms with van der Waals surface area (Å²) in [5.41, 5.74) is 15.3. The van der Waals surface area contributed by atoms with Gasteiger partial charge >= 0.3 is 0 Å². The Morgan fingerprint density at radius 2 is 0.810 bits per heavy atom. The van der Waals surface area contributed by atoms with Gasteiger partial charge in [0.1, 0.15) is 11.2 Å². The van der Waals surface area contributed by atoms with Gasteiger partial charge in [0.05, 0.1) is 20.8 Å². The summed E-state index contributed by atoms with van der Waals surface area (Å²) in [6.45, 7) is 0. The lowest BCUT2D eigenvalue weighted by Gasteiger charge is -2.31. The van der Waals surface area contributed by atoms with Crippen molar-refractivity contribution in [3.8, 4) is 33.4 Å². The van der Waals surface area contributed by atoms with E-state index >= 15 is 0 Å². The molecule has 0 spiro atoms. The zero-order valence-electron chi connectivity index (χ0n) is 31.3. The molecule has 0 amide bonds. The van der Waals surface area contributed by atoms with E-state index in [4.69, 9.17) is 4.42 Å².